The van der Waals surface area contributed by atoms with E-state index in [2.05, 4.69) is 15.3 Å². The normalized spacial score (nSPS) is 14.3. The second-order valence-electron chi connectivity index (χ2n) is 7.00. The Morgan fingerprint density at radius 1 is 1.17 bits per heavy atom. The fourth-order valence-corrected chi connectivity index (χ4v) is 3.33. The smallest absolute Gasteiger partial charge is 0.330 e. The lowest BCUT2D eigenvalue weighted by molar-refractivity contribution is 0.234. The van der Waals surface area contributed by atoms with Crippen molar-refractivity contribution in [2.75, 3.05) is 28.8 Å². The zero-order valence-corrected chi connectivity index (χ0v) is 16.8. The van der Waals surface area contributed by atoms with Crippen molar-refractivity contribution < 1.29 is 14.6 Å². The van der Waals surface area contributed by atoms with Crippen LogP contribution in [0.1, 0.15) is 12.5 Å². The highest BCUT2D eigenvalue weighted by molar-refractivity contribution is 6.05. The Bertz CT molecular complexity index is 1030. The van der Waals surface area contributed by atoms with E-state index in [-0.39, 0.29) is 12.6 Å². The van der Waals surface area contributed by atoms with Crippen molar-refractivity contribution in [3.05, 3.63) is 66.4 Å². The number of para-hydroxylation sites is 1. The number of urea groups is 1. The lowest BCUT2D eigenvalue weighted by atomic mass is 10.1. The number of nitrogens with one attached hydrogen (secondary N) is 1. The molecule has 3 aromatic rings. The predicted octanol–water partition coefficient (Wildman–Crippen LogP) is 3.56. The molecule has 0 bridgehead atoms. The number of rotatable bonds is 6. The number of benzene rings is 2. The van der Waals surface area contributed by atoms with Crippen LogP contribution in [0.25, 0.3) is 0 Å². The summed E-state index contributed by atoms with van der Waals surface area (Å²) in [6.07, 6.45) is 1.72. The van der Waals surface area contributed by atoms with Crippen molar-refractivity contribution in [3.63, 3.8) is 0 Å². The van der Waals surface area contributed by atoms with E-state index in [1.807, 2.05) is 42.5 Å². The molecule has 1 atom stereocenters. The minimum absolute atomic E-state index is 0.187. The third-order valence-corrected chi connectivity index (χ3v) is 4.95. The Kier molecular flexibility index (Phi) is 5.49. The van der Waals surface area contributed by atoms with Gasteiger partial charge in [0.2, 0.25) is 5.95 Å². The summed E-state index contributed by atoms with van der Waals surface area (Å²) in [6, 6.07) is 16.1. The molecule has 0 fully saturated rings. The summed E-state index contributed by atoms with van der Waals surface area (Å²) in [5, 5.41) is 12.9. The monoisotopic (exact) mass is 405 g/mol. The zero-order chi connectivity index (χ0) is 21.1. The second kappa shape index (κ2) is 8.38. The van der Waals surface area contributed by atoms with Gasteiger partial charge < -0.3 is 15.2 Å². The second-order valence-corrected chi connectivity index (χ2v) is 7.00. The molecule has 1 unspecified atom stereocenters. The number of nitrogens with zero attached hydrogens (tertiary/aromatic N) is 4. The first-order chi connectivity index (χ1) is 14.6. The van der Waals surface area contributed by atoms with Crippen LogP contribution >= 0.6 is 0 Å². The van der Waals surface area contributed by atoms with Crippen LogP contribution < -0.4 is 19.9 Å². The third kappa shape index (κ3) is 3.77. The van der Waals surface area contributed by atoms with Crippen molar-refractivity contribution in [2.24, 2.45) is 0 Å². The lowest BCUT2D eigenvalue weighted by Crippen LogP contribution is -2.52. The molecular formula is C22H23N5O3. The minimum Gasteiger partial charge on any atom is -0.497 e. The van der Waals surface area contributed by atoms with E-state index in [0.29, 0.717) is 24.1 Å². The summed E-state index contributed by atoms with van der Waals surface area (Å²) in [5.74, 6) is 1.60. The highest BCUT2D eigenvalue weighted by atomic mass is 16.5. The summed E-state index contributed by atoms with van der Waals surface area (Å²) in [7, 11) is 1.60. The standard InChI is InChI=1S/C22H23N5O3/c1-15(14-28)27-20-16(12-23-21(25-20)24-17-6-4-3-5-7-17)13-26(22(27)29)18-8-10-19(30-2)11-9-18/h3-12,15,28H,13-14H2,1-2H3,(H,23,24,25). The van der Waals surface area contributed by atoms with E-state index in [4.69, 9.17) is 4.74 Å². The van der Waals surface area contributed by atoms with E-state index < -0.39 is 6.04 Å². The molecule has 4 rings (SSSR count). The van der Waals surface area contributed by atoms with Gasteiger partial charge in [-0.25, -0.2) is 9.78 Å². The first-order valence-electron chi connectivity index (χ1n) is 9.64. The van der Waals surface area contributed by atoms with Gasteiger partial charge in [0.25, 0.3) is 0 Å². The number of carbonyl (C=O) groups excluding carboxylic acids is 1. The van der Waals surface area contributed by atoms with Crippen molar-refractivity contribution >= 4 is 29.2 Å². The average Bonchev–Trinajstić information content (AvgIpc) is 2.79. The number of aliphatic hydroxyl groups excluding tert-OH is 1. The van der Waals surface area contributed by atoms with Crippen molar-refractivity contribution in [2.45, 2.75) is 19.5 Å². The van der Waals surface area contributed by atoms with Crippen LogP contribution in [0.15, 0.2) is 60.8 Å². The van der Waals surface area contributed by atoms with Gasteiger partial charge in [0.05, 0.1) is 26.3 Å². The van der Waals surface area contributed by atoms with Crippen molar-refractivity contribution in [1.29, 1.82) is 0 Å². The highest BCUT2D eigenvalue weighted by Gasteiger charge is 2.35. The molecule has 1 aromatic heterocycles. The number of anilines is 4. The van der Waals surface area contributed by atoms with Gasteiger partial charge in [0.15, 0.2) is 0 Å². The van der Waals surface area contributed by atoms with Gasteiger partial charge in [-0.1, -0.05) is 18.2 Å². The van der Waals surface area contributed by atoms with Crippen LogP contribution in [-0.2, 0) is 6.54 Å². The number of methoxy groups -OCH3 is 1. The number of hydrogen-bond donors (Lipinski definition) is 2. The maximum Gasteiger partial charge on any atom is 0.330 e. The van der Waals surface area contributed by atoms with Crippen molar-refractivity contribution in [3.8, 4) is 5.75 Å². The van der Waals surface area contributed by atoms with E-state index in [1.165, 1.54) is 4.90 Å². The van der Waals surface area contributed by atoms with Gasteiger partial charge in [-0.3, -0.25) is 9.80 Å². The molecule has 1 aliphatic rings. The molecule has 0 saturated carbocycles. The van der Waals surface area contributed by atoms with E-state index in [1.54, 1.807) is 37.3 Å². The van der Waals surface area contributed by atoms with Crippen LogP contribution in [0.3, 0.4) is 0 Å². The molecule has 2 amide bonds. The van der Waals surface area contributed by atoms with Gasteiger partial charge in [0.1, 0.15) is 11.6 Å². The Labute approximate surface area is 174 Å². The van der Waals surface area contributed by atoms with Crippen molar-refractivity contribution in [1.82, 2.24) is 9.97 Å². The fourth-order valence-electron chi connectivity index (χ4n) is 3.33. The van der Waals surface area contributed by atoms with Crippen LogP contribution in [0, 0.1) is 0 Å². The molecule has 0 radical (unpaired) electrons. The Balaban J connectivity index is 1.70. The fraction of sp³-hybridized carbons (Fsp3) is 0.227. The molecule has 0 spiro atoms. The molecule has 8 heteroatoms. The number of fused-ring (bicyclic) bond motifs is 1. The molecule has 0 saturated heterocycles. The molecule has 154 valence electrons. The molecule has 2 N–H and O–H groups in total. The minimum atomic E-state index is -0.447. The maximum atomic E-state index is 13.3. The summed E-state index contributed by atoms with van der Waals surface area (Å²) >= 11 is 0. The van der Waals surface area contributed by atoms with Crippen LogP contribution in [0.2, 0.25) is 0 Å². The van der Waals surface area contributed by atoms with E-state index in [0.717, 1.165) is 16.9 Å². The first-order valence-corrected chi connectivity index (χ1v) is 9.64. The molecule has 1 aliphatic heterocycles. The SMILES string of the molecule is COc1ccc(N2Cc3cnc(Nc4ccccc4)nc3N(C(C)CO)C2=O)cc1. The Morgan fingerprint density at radius 2 is 1.90 bits per heavy atom. The number of aliphatic hydroxyl groups is 1. The summed E-state index contributed by atoms with van der Waals surface area (Å²) in [5.41, 5.74) is 2.37. The van der Waals surface area contributed by atoms with Gasteiger partial charge in [-0.2, -0.15) is 4.98 Å². The summed E-state index contributed by atoms with van der Waals surface area (Å²) in [4.78, 5) is 25.5. The highest BCUT2D eigenvalue weighted by Crippen LogP contribution is 2.33. The molecule has 2 aromatic carbocycles. The number of ether oxygens (including phenoxy) is 1. The van der Waals surface area contributed by atoms with Crippen LogP contribution in [0.4, 0.5) is 27.9 Å². The zero-order valence-electron chi connectivity index (χ0n) is 16.8. The largest absolute Gasteiger partial charge is 0.497 e. The van der Waals surface area contributed by atoms with E-state index in [9.17, 15) is 9.90 Å². The Morgan fingerprint density at radius 3 is 2.57 bits per heavy atom. The molecule has 8 nitrogen and oxygen atoms in total. The molecule has 0 aliphatic carbocycles. The number of carbonyl (C=O) groups is 1. The molecular weight excluding hydrogens is 382 g/mol. The number of hydrogen-bond acceptors (Lipinski definition) is 6. The van der Waals surface area contributed by atoms with Gasteiger partial charge in [-0.15, -0.1) is 0 Å². The lowest BCUT2D eigenvalue weighted by Gasteiger charge is -2.38. The average molecular weight is 405 g/mol. The number of aromatic nitrogens is 2. The summed E-state index contributed by atoms with van der Waals surface area (Å²) < 4.78 is 5.20. The van der Waals surface area contributed by atoms with Gasteiger partial charge in [0, 0.05) is 23.1 Å². The van der Waals surface area contributed by atoms with Gasteiger partial charge in [-0.05, 0) is 43.3 Å². The predicted molar refractivity (Wildman–Crippen MR) is 115 cm³/mol. The topological polar surface area (TPSA) is 90.8 Å². The molecule has 2 heterocycles. The quantitative estimate of drug-likeness (QED) is 0.652. The van der Waals surface area contributed by atoms with E-state index >= 15 is 0 Å². The van der Waals surface area contributed by atoms with Crippen LogP contribution in [-0.4, -0.2) is 40.9 Å². The van der Waals surface area contributed by atoms with Crippen LogP contribution in [0.5, 0.6) is 5.75 Å². The Hall–Kier alpha value is -3.65. The maximum absolute atomic E-state index is 13.3. The third-order valence-electron chi connectivity index (χ3n) is 4.95. The molecule has 30 heavy (non-hydrogen) atoms. The summed E-state index contributed by atoms with van der Waals surface area (Å²) in [6.45, 7) is 1.93. The first kappa shape index (κ1) is 19.7. The van der Waals surface area contributed by atoms with Gasteiger partial charge >= 0.3 is 6.03 Å². The number of amides is 2.